The number of hydrogen-bond acceptors (Lipinski definition) is 3. The molecule has 1 saturated heterocycles. The predicted molar refractivity (Wildman–Crippen MR) is 81.0 cm³/mol. The molecule has 1 unspecified atom stereocenters. The van der Waals surface area contributed by atoms with Crippen LogP contribution in [0.4, 0.5) is 8.78 Å². The summed E-state index contributed by atoms with van der Waals surface area (Å²) in [6, 6.07) is 3.05. The first-order valence-electron chi connectivity index (χ1n) is 7.00. The third kappa shape index (κ3) is 4.24. The second-order valence-corrected chi connectivity index (χ2v) is 5.17. The van der Waals surface area contributed by atoms with Gasteiger partial charge in [0.1, 0.15) is 0 Å². The highest BCUT2D eigenvalue weighted by Crippen LogP contribution is 2.18. The Labute approximate surface area is 134 Å². The van der Waals surface area contributed by atoms with Crippen LogP contribution >= 0.6 is 12.4 Å². The first-order valence-corrected chi connectivity index (χ1v) is 7.00. The molecule has 0 saturated carbocycles. The van der Waals surface area contributed by atoms with Crippen molar-refractivity contribution in [2.45, 2.75) is 31.7 Å². The number of benzene rings is 1. The van der Waals surface area contributed by atoms with Gasteiger partial charge < -0.3 is 10.6 Å². The normalized spacial score (nSPS) is 17.2. The van der Waals surface area contributed by atoms with E-state index in [1.165, 1.54) is 6.07 Å². The van der Waals surface area contributed by atoms with E-state index < -0.39 is 11.6 Å². The molecule has 1 atom stereocenters. The third-order valence-electron chi connectivity index (χ3n) is 3.78. The summed E-state index contributed by atoms with van der Waals surface area (Å²) in [6.07, 6.45) is 1.86. The van der Waals surface area contributed by atoms with Crippen molar-refractivity contribution < 1.29 is 18.4 Å². The van der Waals surface area contributed by atoms with Gasteiger partial charge in [-0.25, -0.2) is 8.78 Å². The summed E-state index contributed by atoms with van der Waals surface area (Å²) in [5.74, 6) is -2.54. The minimum atomic E-state index is -1.06. The lowest BCUT2D eigenvalue weighted by molar-refractivity contribution is -0.131. The van der Waals surface area contributed by atoms with Crippen LogP contribution in [0.3, 0.4) is 0 Å². The Morgan fingerprint density at radius 2 is 1.95 bits per heavy atom. The Kier molecular flexibility index (Phi) is 6.90. The van der Waals surface area contributed by atoms with E-state index in [9.17, 15) is 18.4 Å². The van der Waals surface area contributed by atoms with E-state index in [0.29, 0.717) is 13.1 Å². The molecule has 1 aromatic carbocycles. The highest BCUT2D eigenvalue weighted by atomic mass is 35.5. The van der Waals surface area contributed by atoms with Crippen LogP contribution in [0.5, 0.6) is 0 Å². The van der Waals surface area contributed by atoms with Crippen molar-refractivity contribution in [2.24, 2.45) is 5.73 Å². The van der Waals surface area contributed by atoms with Gasteiger partial charge in [-0.15, -0.1) is 12.4 Å². The van der Waals surface area contributed by atoms with Gasteiger partial charge in [0.05, 0.1) is 0 Å². The number of carbonyl (C=O) groups excluding carboxylic acids is 2. The van der Waals surface area contributed by atoms with Gasteiger partial charge in [0.2, 0.25) is 5.91 Å². The topological polar surface area (TPSA) is 63.4 Å². The van der Waals surface area contributed by atoms with E-state index in [4.69, 9.17) is 5.73 Å². The molecule has 4 nitrogen and oxygen atoms in total. The number of amides is 1. The number of nitrogens with zero attached hydrogens (tertiary/aromatic N) is 1. The molecule has 0 aromatic heterocycles. The summed E-state index contributed by atoms with van der Waals surface area (Å²) in [6.45, 7) is 1.09. The smallest absolute Gasteiger partial charge is 0.223 e. The fraction of sp³-hybridized carbons (Fsp3) is 0.467. The van der Waals surface area contributed by atoms with Gasteiger partial charge >= 0.3 is 0 Å². The van der Waals surface area contributed by atoms with Crippen LogP contribution in [0.1, 0.15) is 36.0 Å². The van der Waals surface area contributed by atoms with Crippen molar-refractivity contribution in [1.29, 1.82) is 0 Å². The Morgan fingerprint density at radius 1 is 1.23 bits per heavy atom. The number of hydrogen-bond donors (Lipinski definition) is 1. The summed E-state index contributed by atoms with van der Waals surface area (Å²) < 4.78 is 25.9. The molecule has 0 radical (unpaired) electrons. The van der Waals surface area contributed by atoms with E-state index in [1.807, 2.05) is 0 Å². The molecule has 1 fully saturated rings. The van der Waals surface area contributed by atoms with Gasteiger partial charge in [-0.1, -0.05) is 0 Å². The van der Waals surface area contributed by atoms with Crippen molar-refractivity contribution in [3.05, 3.63) is 35.4 Å². The lowest BCUT2D eigenvalue weighted by Gasteiger charge is -2.23. The second-order valence-electron chi connectivity index (χ2n) is 5.17. The number of Topliss-reactive ketones (excluding diaryl/α,β-unsaturated/α-hetero) is 1. The molecule has 0 bridgehead atoms. The maximum atomic E-state index is 13.1. The van der Waals surface area contributed by atoms with Gasteiger partial charge in [-0.3, -0.25) is 9.59 Å². The molecule has 2 N–H and O–H groups in total. The Balaban J connectivity index is 0.00000242. The Hall–Kier alpha value is -1.53. The van der Waals surface area contributed by atoms with E-state index >= 15 is 0 Å². The number of likely N-dealkylation sites (tertiary alicyclic amines) is 1. The average molecular weight is 333 g/mol. The standard InChI is InChI=1S/C15H18F2N2O2.ClH/c16-12-4-3-10(8-13(12)17)14(20)5-6-15(21)19-7-1-2-11(19)9-18;/h3-4,8,11H,1-2,5-7,9,18H2;1H. The van der Waals surface area contributed by atoms with Crippen LogP contribution in [0.15, 0.2) is 18.2 Å². The van der Waals surface area contributed by atoms with Gasteiger partial charge in [-0.2, -0.15) is 0 Å². The van der Waals surface area contributed by atoms with Crippen LogP contribution in [0, 0.1) is 11.6 Å². The van der Waals surface area contributed by atoms with E-state index in [1.54, 1.807) is 4.90 Å². The Morgan fingerprint density at radius 3 is 2.59 bits per heavy atom. The van der Waals surface area contributed by atoms with Gasteiger partial charge in [0.25, 0.3) is 0 Å². The highest BCUT2D eigenvalue weighted by Gasteiger charge is 2.27. The van der Waals surface area contributed by atoms with Crippen molar-refractivity contribution in [3.8, 4) is 0 Å². The van der Waals surface area contributed by atoms with Crippen molar-refractivity contribution >= 4 is 24.1 Å². The molecule has 1 aliphatic rings. The maximum absolute atomic E-state index is 13.1. The van der Waals surface area contributed by atoms with E-state index in [0.717, 1.165) is 25.0 Å². The fourth-order valence-electron chi connectivity index (χ4n) is 2.59. The SMILES string of the molecule is Cl.NCC1CCCN1C(=O)CCC(=O)c1ccc(F)c(F)c1. The minimum Gasteiger partial charge on any atom is -0.338 e. The zero-order valence-electron chi connectivity index (χ0n) is 12.1. The number of halogens is 3. The van der Waals surface area contributed by atoms with E-state index in [-0.39, 0.29) is 48.5 Å². The van der Waals surface area contributed by atoms with Crippen LogP contribution in [-0.4, -0.2) is 35.7 Å². The fourth-order valence-corrected chi connectivity index (χ4v) is 2.59. The zero-order valence-corrected chi connectivity index (χ0v) is 12.9. The third-order valence-corrected chi connectivity index (χ3v) is 3.78. The zero-order chi connectivity index (χ0) is 15.4. The molecule has 22 heavy (non-hydrogen) atoms. The first-order chi connectivity index (χ1) is 10.0. The minimum absolute atomic E-state index is 0. The van der Waals surface area contributed by atoms with Gasteiger partial charge in [0.15, 0.2) is 17.4 Å². The number of rotatable bonds is 5. The monoisotopic (exact) mass is 332 g/mol. The predicted octanol–water partition coefficient (Wildman–Crippen LogP) is 2.30. The summed E-state index contributed by atoms with van der Waals surface area (Å²) in [5, 5.41) is 0. The van der Waals surface area contributed by atoms with Crippen molar-refractivity contribution in [3.63, 3.8) is 0 Å². The van der Waals surface area contributed by atoms with Gasteiger partial charge in [-0.05, 0) is 31.0 Å². The second kappa shape index (κ2) is 8.19. The molecule has 0 spiro atoms. The number of nitrogens with two attached hydrogens (primary N) is 1. The molecular weight excluding hydrogens is 314 g/mol. The summed E-state index contributed by atoms with van der Waals surface area (Å²) in [5.41, 5.74) is 5.68. The molecular formula is C15H19ClF2N2O2. The molecule has 1 amide bonds. The first kappa shape index (κ1) is 18.5. The average Bonchev–Trinajstić information content (AvgIpc) is 2.95. The summed E-state index contributed by atoms with van der Waals surface area (Å²) >= 11 is 0. The molecule has 0 aliphatic carbocycles. The quantitative estimate of drug-likeness (QED) is 0.841. The number of ketones is 1. The lowest BCUT2D eigenvalue weighted by Crippen LogP contribution is -2.39. The summed E-state index contributed by atoms with van der Waals surface area (Å²) in [7, 11) is 0. The van der Waals surface area contributed by atoms with E-state index in [2.05, 4.69) is 0 Å². The highest BCUT2D eigenvalue weighted by molar-refractivity contribution is 5.98. The van der Waals surface area contributed by atoms with Crippen molar-refractivity contribution in [1.82, 2.24) is 4.90 Å². The van der Waals surface area contributed by atoms with Crippen LogP contribution in [-0.2, 0) is 4.79 Å². The van der Waals surface area contributed by atoms with Gasteiger partial charge in [0, 0.05) is 37.5 Å². The van der Waals surface area contributed by atoms with Crippen LogP contribution < -0.4 is 5.73 Å². The van der Waals surface area contributed by atoms with Crippen LogP contribution in [0.2, 0.25) is 0 Å². The maximum Gasteiger partial charge on any atom is 0.223 e. The molecule has 7 heteroatoms. The van der Waals surface area contributed by atoms with Crippen LogP contribution in [0.25, 0.3) is 0 Å². The molecule has 1 heterocycles. The summed E-state index contributed by atoms with van der Waals surface area (Å²) in [4.78, 5) is 25.7. The van der Waals surface area contributed by atoms with Crippen molar-refractivity contribution in [2.75, 3.05) is 13.1 Å². The molecule has 1 aliphatic heterocycles. The Bertz CT molecular complexity index is 554. The molecule has 122 valence electrons. The number of carbonyl (C=O) groups is 2. The lowest BCUT2D eigenvalue weighted by atomic mass is 10.1. The molecule has 2 rings (SSSR count). The molecule has 1 aromatic rings. The largest absolute Gasteiger partial charge is 0.338 e.